The Morgan fingerprint density at radius 2 is 1.43 bits per heavy atom. The number of likely N-dealkylation sites (tertiary alicyclic amines) is 1. The number of carboxylic acid groups (broad SMARTS) is 1. The molecule has 0 bridgehead atoms. The highest BCUT2D eigenvalue weighted by Crippen LogP contribution is 2.10. The van der Waals surface area contributed by atoms with Crippen LogP contribution in [-0.4, -0.2) is 84.0 Å². The molecule has 2 saturated heterocycles. The van der Waals surface area contributed by atoms with Gasteiger partial charge in [0.25, 0.3) is 0 Å². The van der Waals surface area contributed by atoms with E-state index >= 15 is 0 Å². The van der Waals surface area contributed by atoms with Crippen molar-refractivity contribution in [3.8, 4) is 0 Å². The number of carboxylic acids is 1. The maximum Gasteiger partial charge on any atom is 0.304 e. The third kappa shape index (κ3) is 5.63. The fourth-order valence-electron chi connectivity index (χ4n) is 3.06. The van der Waals surface area contributed by atoms with Gasteiger partial charge in [0.15, 0.2) is 0 Å². The first-order valence-corrected chi connectivity index (χ1v) is 8.09. The van der Waals surface area contributed by atoms with Gasteiger partial charge in [-0.25, -0.2) is 0 Å². The Morgan fingerprint density at radius 1 is 0.810 bits per heavy atom. The van der Waals surface area contributed by atoms with E-state index in [1.807, 2.05) is 4.90 Å². The monoisotopic (exact) mass is 297 g/mol. The number of aliphatic carboxylic acids is 1. The van der Waals surface area contributed by atoms with E-state index < -0.39 is 5.97 Å². The Hall–Kier alpha value is -1.14. The van der Waals surface area contributed by atoms with Crippen molar-refractivity contribution in [2.24, 2.45) is 0 Å². The van der Waals surface area contributed by atoms with Crippen LogP contribution in [0.25, 0.3) is 0 Å². The zero-order chi connectivity index (χ0) is 15.1. The van der Waals surface area contributed by atoms with E-state index in [9.17, 15) is 9.59 Å². The molecule has 0 spiro atoms. The molecule has 2 aliphatic heterocycles. The number of nitrogens with zero attached hydrogens (tertiary/aromatic N) is 3. The molecule has 0 aromatic rings. The second-order valence-corrected chi connectivity index (χ2v) is 6.06. The summed E-state index contributed by atoms with van der Waals surface area (Å²) in [6, 6.07) is 0. The largest absolute Gasteiger partial charge is 0.481 e. The molecule has 2 aliphatic rings. The van der Waals surface area contributed by atoms with Crippen LogP contribution in [-0.2, 0) is 9.59 Å². The van der Waals surface area contributed by atoms with E-state index in [2.05, 4.69) is 9.80 Å². The van der Waals surface area contributed by atoms with Gasteiger partial charge < -0.3 is 10.0 Å². The number of hydrogen-bond donors (Lipinski definition) is 1. The minimum absolute atomic E-state index is 0.182. The second kappa shape index (κ2) is 8.34. The van der Waals surface area contributed by atoms with Crippen molar-refractivity contribution in [3.05, 3.63) is 0 Å². The lowest BCUT2D eigenvalue weighted by Gasteiger charge is -2.35. The van der Waals surface area contributed by atoms with Crippen LogP contribution in [0.1, 0.15) is 32.1 Å². The normalized spacial score (nSPS) is 22.0. The molecule has 2 rings (SSSR count). The van der Waals surface area contributed by atoms with E-state index in [4.69, 9.17) is 5.11 Å². The zero-order valence-electron chi connectivity index (χ0n) is 12.8. The summed E-state index contributed by atoms with van der Waals surface area (Å²) >= 11 is 0. The van der Waals surface area contributed by atoms with E-state index in [0.717, 1.165) is 39.3 Å². The summed E-state index contributed by atoms with van der Waals surface area (Å²) in [6.07, 6.45) is 5.16. The van der Waals surface area contributed by atoms with Gasteiger partial charge in [-0.2, -0.15) is 0 Å². The number of piperazine rings is 1. The molecule has 1 amide bonds. The molecule has 0 unspecified atom stereocenters. The molecule has 0 saturated carbocycles. The molecule has 21 heavy (non-hydrogen) atoms. The lowest BCUT2D eigenvalue weighted by Crippen LogP contribution is -2.51. The van der Waals surface area contributed by atoms with Crippen molar-refractivity contribution in [1.29, 1.82) is 0 Å². The van der Waals surface area contributed by atoms with Crippen LogP contribution in [0.5, 0.6) is 0 Å². The first kappa shape index (κ1) is 16.2. The predicted octanol–water partition coefficient (Wildman–Crippen LogP) is 0.481. The van der Waals surface area contributed by atoms with Crippen molar-refractivity contribution in [2.45, 2.75) is 32.1 Å². The number of rotatable bonds is 5. The number of carbonyl (C=O) groups is 2. The molecule has 6 nitrogen and oxygen atoms in total. The van der Waals surface area contributed by atoms with Gasteiger partial charge in [0.1, 0.15) is 0 Å². The van der Waals surface area contributed by atoms with Crippen LogP contribution in [0, 0.1) is 0 Å². The van der Waals surface area contributed by atoms with Gasteiger partial charge in [0.2, 0.25) is 5.91 Å². The SMILES string of the molecule is O=C(O)CCN1CCN(C(=O)CN2CCCCCC2)CC1. The maximum atomic E-state index is 12.3. The van der Waals surface area contributed by atoms with Crippen molar-refractivity contribution < 1.29 is 14.7 Å². The highest BCUT2D eigenvalue weighted by atomic mass is 16.4. The van der Waals surface area contributed by atoms with Gasteiger partial charge in [-0.3, -0.25) is 19.4 Å². The van der Waals surface area contributed by atoms with Crippen molar-refractivity contribution in [3.63, 3.8) is 0 Å². The van der Waals surface area contributed by atoms with Crippen LogP contribution in [0.15, 0.2) is 0 Å². The smallest absolute Gasteiger partial charge is 0.304 e. The molecule has 0 radical (unpaired) electrons. The van der Waals surface area contributed by atoms with Gasteiger partial charge in [0.05, 0.1) is 13.0 Å². The second-order valence-electron chi connectivity index (χ2n) is 6.06. The minimum Gasteiger partial charge on any atom is -0.481 e. The third-order valence-electron chi connectivity index (χ3n) is 4.42. The molecule has 0 aliphatic carbocycles. The summed E-state index contributed by atoms with van der Waals surface area (Å²) in [4.78, 5) is 29.2. The number of amides is 1. The molecule has 2 heterocycles. The highest BCUT2D eigenvalue weighted by molar-refractivity contribution is 5.78. The van der Waals surface area contributed by atoms with Gasteiger partial charge in [-0.1, -0.05) is 12.8 Å². The van der Waals surface area contributed by atoms with E-state index in [1.165, 1.54) is 25.7 Å². The van der Waals surface area contributed by atoms with Crippen molar-refractivity contribution >= 4 is 11.9 Å². The van der Waals surface area contributed by atoms with Crippen molar-refractivity contribution in [2.75, 3.05) is 52.4 Å². The summed E-state index contributed by atoms with van der Waals surface area (Å²) < 4.78 is 0. The van der Waals surface area contributed by atoms with E-state index in [0.29, 0.717) is 13.1 Å². The summed E-state index contributed by atoms with van der Waals surface area (Å²) in [5.74, 6) is -0.524. The summed E-state index contributed by atoms with van der Waals surface area (Å²) in [7, 11) is 0. The molecule has 6 heteroatoms. The van der Waals surface area contributed by atoms with Crippen LogP contribution in [0.2, 0.25) is 0 Å². The first-order valence-electron chi connectivity index (χ1n) is 8.09. The number of carbonyl (C=O) groups excluding carboxylic acids is 1. The Morgan fingerprint density at radius 3 is 2.00 bits per heavy atom. The van der Waals surface area contributed by atoms with Crippen LogP contribution < -0.4 is 0 Å². The maximum absolute atomic E-state index is 12.3. The fourth-order valence-corrected chi connectivity index (χ4v) is 3.06. The standard InChI is InChI=1S/C15H27N3O3/c19-14(13-17-6-3-1-2-4-7-17)18-11-9-16(10-12-18)8-5-15(20)21/h1-13H2,(H,20,21). The van der Waals surface area contributed by atoms with Gasteiger partial charge in [-0.05, 0) is 25.9 Å². The molecular weight excluding hydrogens is 270 g/mol. The lowest BCUT2D eigenvalue weighted by molar-refractivity contribution is -0.138. The highest BCUT2D eigenvalue weighted by Gasteiger charge is 2.23. The van der Waals surface area contributed by atoms with E-state index in [1.54, 1.807) is 0 Å². The Balaban J connectivity index is 1.68. The average molecular weight is 297 g/mol. The van der Waals surface area contributed by atoms with Gasteiger partial charge in [0, 0.05) is 32.7 Å². The van der Waals surface area contributed by atoms with Crippen LogP contribution in [0.4, 0.5) is 0 Å². The lowest BCUT2D eigenvalue weighted by atomic mass is 10.2. The fraction of sp³-hybridized carbons (Fsp3) is 0.867. The first-order chi connectivity index (χ1) is 10.1. The third-order valence-corrected chi connectivity index (χ3v) is 4.42. The van der Waals surface area contributed by atoms with Crippen LogP contribution in [0.3, 0.4) is 0 Å². The topological polar surface area (TPSA) is 64.1 Å². The predicted molar refractivity (Wildman–Crippen MR) is 80.2 cm³/mol. The summed E-state index contributed by atoms with van der Waals surface area (Å²) in [6.45, 7) is 6.27. The number of hydrogen-bond acceptors (Lipinski definition) is 4. The molecule has 1 N–H and O–H groups in total. The Kier molecular flexibility index (Phi) is 6.45. The minimum atomic E-state index is -0.755. The van der Waals surface area contributed by atoms with Gasteiger partial charge >= 0.3 is 5.97 Å². The summed E-state index contributed by atoms with van der Waals surface area (Å²) in [5, 5.41) is 8.69. The quantitative estimate of drug-likeness (QED) is 0.800. The van der Waals surface area contributed by atoms with E-state index in [-0.39, 0.29) is 12.3 Å². The van der Waals surface area contributed by atoms with Gasteiger partial charge in [-0.15, -0.1) is 0 Å². The zero-order valence-corrected chi connectivity index (χ0v) is 12.8. The summed E-state index contributed by atoms with van der Waals surface area (Å²) in [5.41, 5.74) is 0. The molecule has 0 atom stereocenters. The molecule has 2 fully saturated rings. The van der Waals surface area contributed by atoms with Crippen LogP contribution >= 0.6 is 0 Å². The Bertz CT molecular complexity index is 346. The molecule has 0 aromatic heterocycles. The molecule has 0 aromatic carbocycles. The molecular formula is C15H27N3O3. The molecule has 120 valence electrons. The Labute approximate surface area is 126 Å². The average Bonchev–Trinajstić information content (AvgIpc) is 2.74. The van der Waals surface area contributed by atoms with Crippen molar-refractivity contribution in [1.82, 2.24) is 14.7 Å².